The van der Waals surface area contributed by atoms with E-state index in [0.717, 1.165) is 0 Å². The molecule has 0 saturated carbocycles. The van der Waals surface area contributed by atoms with Gasteiger partial charge in [-0.25, -0.2) is 4.79 Å². The van der Waals surface area contributed by atoms with Crippen molar-refractivity contribution in [3.8, 4) is 0 Å². The van der Waals surface area contributed by atoms with Crippen LogP contribution in [-0.4, -0.2) is 56.5 Å². The van der Waals surface area contributed by atoms with Gasteiger partial charge in [-0.2, -0.15) is 5.26 Å². The van der Waals surface area contributed by atoms with E-state index in [0.29, 0.717) is 0 Å². The Morgan fingerprint density at radius 3 is 1.45 bits per heavy atom. The number of rotatable bonds is 8. The Hall–Kier alpha value is 1.80. The Bertz CT molecular complexity index is 368. The van der Waals surface area contributed by atoms with Crippen molar-refractivity contribution in [1.29, 1.82) is 0 Å². The average Bonchev–Trinajstić information content (AvgIpc) is 2.24. The molecule has 0 aromatic heterocycles. The summed E-state index contributed by atoms with van der Waals surface area (Å²) in [5.74, 6) is -5.92. The van der Waals surface area contributed by atoms with Gasteiger partial charge in [-0.3, -0.25) is 24.6 Å². The fourth-order valence-corrected chi connectivity index (χ4v) is 1.08. The Morgan fingerprint density at radius 1 is 0.818 bits per heavy atom. The first-order valence-corrected chi connectivity index (χ1v) is 4.55. The van der Waals surface area contributed by atoms with E-state index in [9.17, 15) is 19.2 Å². The molecule has 0 rings (SSSR count). The van der Waals surface area contributed by atoms with E-state index in [1.807, 2.05) is 5.32 Å². The van der Waals surface area contributed by atoms with Crippen molar-refractivity contribution in [2.75, 3.05) is 0 Å². The fraction of sp³-hybridized carbons (Fsp3) is 0.500. The smallest absolute Gasteiger partial charge is 0.481 e. The summed E-state index contributed by atoms with van der Waals surface area (Å²) < 4.78 is 0. The number of carboxylic acids is 3. The molecule has 22 heavy (non-hydrogen) atoms. The summed E-state index contributed by atoms with van der Waals surface area (Å²) in [6, 6.07) is -3.36. The number of hydrogen-bond donors (Lipinski definition) is 5. The van der Waals surface area contributed by atoms with Gasteiger partial charge in [0.1, 0.15) is 12.1 Å². The second-order valence-corrected chi connectivity index (χ2v) is 3.22. The Balaban J connectivity index is -0.000000241. The monoisotopic (exact) mass is 357 g/mol. The van der Waals surface area contributed by atoms with Crippen LogP contribution in [0.2, 0.25) is 0 Å². The van der Waals surface area contributed by atoms with Gasteiger partial charge < -0.3 is 15.3 Å². The third-order valence-corrected chi connectivity index (χ3v) is 1.83. The maximum atomic E-state index is 11.0. The molecule has 0 aliphatic carbocycles. The summed E-state index contributed by atoms with van der Waals surface area (Å²) in [5.41, 5.74) is 0. The first-order valence-electron chi connectivity index (χ1n) is 4.55. The summed E-state index contributed by atoms with van der Waals surface area (Å²) in [7, 11) is 0. The molecule has 0 aromatic rings. The maximum absolute atomic E-state index is 11.0. The van der Waals surface area contributed by atoms with Crippen molar-refractivity contribution in [3.63, 3.8) is 0 Å². The third kappa shape index (κ3) is 16.7. The van der Waals surface area contributed by atoms with Crippen LogP contribution < -0.4 is 124 Å². The van der Waals surface area contributed by atoms with E-state index in [4.69, 9.17) is 20.6 Å². The van der Waals surface area contributed by atoms with Gasteiger partial charge in [-0.15, -0.1) is 0 Å². The second kappa shape index (κ2) is 19.1. The zero-order valence-electron chi connectivity index (χ0n) is 12.9. The van der Waals surface area contributed by atoms with Crippen molar-refractivity contribution in [2.24, 2.45) is 0 Å². The normalized spacial score (nSPS) is 11.0. The molecule has 0 amide bonds. The van der Waals surface area contributed by atoms with Crippen LogP contribution in [0.3, 0.4) is 0 Å². The van der Waals surface area contributed by atoms with Gasteiger partial charge in [0.2, 0.25) is 0 Å². The number of carbonyl (C=O) groups excluding carboxylic acids is 1. The van der Waals surface area contributed by atoms with Gasteiger partial charge in [0.25, 0.3) is 0 Å². The molecular weight excluding hydrogens is 346 g/mol. The molecule has 0 aliphatic rings. The summed E-state index contributed by atoms with van der Waals surface area (Å²) in [6.45, 7) is 0. The molecule has 5 N–H and O–H groups in total. The average molecular weight is 357 g/mol. The number of carbonyl (C=O) groups is 4. The molecule has 0 bridgehead atoms. The summed E-state index contributed by atoms with van der Waals surface area (Å²) in [5, 5.41) is 35.7. The van der Waals surface area contributed by atoms with Crippen molar-refractivity contribution < 1.29 is 163 Å². The molecule has 0 heterocycles. The molecule has 0 spiro atoms. The van der Waals surface area contributed by atoms with Crippen LogP contribution in [-0.2, 0) is 24.1 Å². The second-order valence-electron chi connectivity index (χ2n) is 3.22. The van der Waals surface area contributed by atoms with Crippen LogP contribution in [0.15, 0.2) is 0 Å². The molecule has 102 valence electrons. The van der Waals surface area contributed by atoms with Crippen LogP contribution in [0.5, 0.6) is 0 Å². The van der Waals surface area contributed by atoms with Gasteiger partial charge in [-0.05, 0) is 0 Å². The SMILES string of the molecule is O=C(O)CC(NC(CC(=O)O)C(=O)OO)C(=O)O.[Na+].[Na+].[Na+].[Na+]. The van der Waals surface area contributed by atoms with Gasteiger partial charge in [-0.1, -0.05) is 0 Å². The van der Waals surface area contributed by atoms with Gasteiger partial charge in [0, 0.05) is 0 Å². The summed E-state index contributed by atoms with van der Waals surface area (Å²) >= 11 is 0. The minimum absolute atomic E-state index is 0. The van der Waals surface area contributed by atoms with Crippen molar-refractivity contribution in [3.05, 3.63) is 0 Å². The van der Waals surface area contributed by atoms with Crippen molar-refractivity contribution in [2.45, 2.75) is 24.9 Å². The minimum atomic E-state index is -1.69. The molecule has 2 atom stereocenters. The Labute approximate surface area is 213 Å². The summed E-state index contributed by atoms with van der Waals surface area (Å²) in [4.78, 5) is 45.7. The molecule has 0 aliphatic heterocycles. The predicted molar refractivity (Wildman–Crippen MR) is 51.6 cm³/mol. The molecule has 14 heteroatoms. The van der Waals surface area contributed by atoms with E-state index in [-0.39, 0.29) is 118 Å². The predicted octanol–water partition coefficient (Wildman–Crippen LogP) is -13.6. The van der Waals surface area contributed by atoms with E-state index in [1.165, 1.54) is 0 Å². The van der Waals surface area contributed by atoms with Gasteiger partial charge in [0.05, 0.1) is 12.8 Å². The number of nitrogens with one attached hydrogen (secondary N) is 1. The molecular formula is C8H11NNa4O9+4. The molecule has 0 aromatic carbocycles. The quantitative estimate of drug-likeness (QED) is 0.160. The summed E-state index contributed by atoms with van der Waals surface area (Å²) in [6.07, 6.45) is -1.74. The standard InChI is InChI=1S/C8H11NO9.4Na/c10-5(11)1-3(7(14)15)9-4(2-6(12)13)8(16)18-17;;;;/h3-4,9,17H,1-2H2,(H,10,11)(H,12,13)(H,14,15);;;;/q;4*+1. The molecule has 0 saturated heterocycles. The molecule has 10 nitrogen and oxygen atoms in total. The van der Waals surface area contributed by atoms with E-state index in [1.54, 1.807) is 0 Å². The van der Waals surface area contributed by atoms with Crippen LogP contribution in [0, 0.1) is 0 Å². The van der Waals surface area contributed by atoms with Gasteiger partial charge >= 0.3 is 142 Å². The van der Waals surface area contributed by atoms with Crippen molar-refractivity contribution in [1.82, 2.24) is 5.32 Å². The van der Waals surface area contributed by atoms with Gasteiger partial charge in [0.15, 0.2) is 0 Å². The fourth-order valence-electron chi connectivity index (χ4n) is 1.08. The largest absolute Gasteiger partial charge is 1.00 e. The maximum Gasteiger partial charge on any atom is 1.00 e. The zero-order chi connectivity index (χ0) is 14.3. The molecule has 0 fully saturated rings. The Morgan fingerprint density at radius 2 is 1.18 bits per heavy atom. The number of hydrogen-bond acceptors (Lipinski definition) is 7. The minimum Gasteiger partial charge on any atom is -0.481 e. The van der Waals surface area contributed by atoms with E-state index in [2.05, 4.69) is 4.89 Å². The zero-order valence-corrected chi connectivity index (χ0v) is 20.9. The van der Waals surface area contributed by atoms with E-state index < -0.39 is 48.8 Å². The van der Waals surface area contributed by atoms with E-state index >= 15 is 0 Å². The number of carboxylic acid groups (broad SMARTS) is 3. The number of aliphatic carboxylic acids is 3. The van der Waals surface area contributed by atoms with Crippen LogP contribution >= 0.6 is 0 Å². The van der Waals surface area contributed by atoms with Crippen LogP contribution in [0.25, 0.3) is 0 Å². The molecule has 2 unspecified atom stereocenters. The topological polar surface area (TPSA) is 170 Å². The first kappa shape index (κ1) is 35.0. The first-order chi connectivity index (χ1) is 8.27. The van der Waals surface area contributed by atoms with Crippen LogP contribution in [0.4, 0.5) is 0 Å². The molecule has 0 radical (unpaired) electrons. The third-order valence-electron chi connectivity index (χ3n) is 1.83. The van der Waals surface area contributed by atoms with Crippen LogP contribution in [0.1, 0.15) is 12.8 Å². The van der Waals surface area contributed by atoms with Crippen molar-refractivity contribution >= 4 is 23.9 Å². The Kier molecular flexibility index (Phi) is 30.4.